The van der Waals surface area contributed by atoms with Gasteiger partial charge in [0.05, 0.1) is 0 Å². The van der Waals surface area contributed by atoms with Gasteiger partial charge in [-0.2, -0.15) is 0 Å². The summed E-state index contributed by atoms with van der Waals surface area (Å²) in [6.45, 7) is 0. The van der Waals surface area contributed by atoms with Gasteiger partial charge in [0.2, 0.25) is 0 Å². The van der Waals surface area contributed by atoms with Crippen LogP contribution in [0, 0.1) is 6.07 Å². The Labute approximate surface area is 58.9 Å². The van der Waals surface area contributed by atoms with Gasteiger partial charge < -0.3 is 4.74 Å². The second kappa shape index (κ2) is 1.26. The molecule has 1 aromatic carbocycles. The molecule has 1 atom stereocenters. The molecule has 0 fully saturated rings. The Morgan fingerprint density at radius 3 is 3.40 bits per heavy atom. The summed E-state index contributed by atoms with van der Waals surface area (Å²) in [5.41, 5.74) is 2.48. The van der Waals surface area contributed by atoms with Crippen LogP contribution in [0.5, 0.6) is 5.75 Å². The lowest BCUT2D eigenvalue weighted by molar-refractivity contribution is 0.345. The fourth-order valence-electron chi connectivity index (χ4n) is 1.32. The van der Waals surface area contributed by atoms with E-state index in [0.717, 1.165) is 11.3 Å². The summed E-state index contributed by atoms with van der Waals surface area (Å²) in [4.78, 5) is 0. The second-order valence-corrected chi connectivity index (χ2v) is 2.57. The summed E-state index contributed by atoms with van der Waals surface area (Å²) in [7, 11) is 0. The number of hydrogen-bond acceptors (Lipinski definition) is 1. The molecule has 47 valence electrons. The van der Waals surface area contributed by atoms with E-state index in [1.54, 1.807) is 0 Å². The van der Waals surface area contributed by atoms with Gasteiger partial charge in [0.1, 0.15) is 11.9 Å². The molecule has 0 saturated heterocycles. The second-order valence-electron chi connectivity index (χ2n) is 2.57. The number of benzene rings is 1. The standard InChI is InChI=1S/C9H5O/c1-2-4-8-6(3-1)7-5-9(7)10-8/h1-2,4-5,9H. The molecule has 0 bridgehead atoms. The minimum Gasteiger partial charge on any atom is -0.481 e. The summed E-state index contributed by atoms with van der Waals surface area (Å²) in [5, 5.41) is 0. The minimum absolute atomic E-state index is 0.300. The van der Waals surface area contributed by atoms with E-state index in [-0.39, 0.29) is 0 Å². The minimum atomic E-state index is 0.300. The first-order valence-corrected chi connectivity index (χ1v) is 3.34. The zero-order valence-corrected chi connectivity index (χ0v) is 5.29. The summed E-state index contributed by atoms with van der Waals surface area (Å²) in [6.07, 6.45) is 2.41. The smallest absolute Gasteiger partial charge is 0.143 e. The molecule has 1 unspecified atom stereocenters. The molecule has 1 heteroatoms. The molecular formula is C9H5O. The summed E-state index contributed by atoms with van der Waals surface area (Å²) < 4.78 is 5.46. The van der Waals surface area contributed by atoms with Crippen LogP contribution in [0.1, 0.15) is 5.56 Å². The van der Waals surface area contributed by atoms with Gasteiger partial charge in [-0.05, 0) is 18.2 Å². The van der Waals surface area contributed by atoms with Crippen LogP contribution in [0.2, 0.25) is 0 Å². The van der Waals surface area contributed by atoms with Gasteiger partial charge in [0.25, 0.3) is 0 Å². The Hall–Kier alpha value is -1.24. The van der Waals surface area contributed by atoms with Crippen molar-refractivity contribution >= 4 is 5.57 Å². The normalized spacial score (nSPS) is 24.4. The molecule has 1 nitrogen and oxygen atoms in total. The third-order valence-electron chi connectivity index (χ3n) is 1.89. The van der Waals surface area contributed by atoms with Crippen LogP contribution in [0.25, 0.3) is 5.57 Å². The lowest BCUT2D eigenvalue weighted by atomic mass is 10.2. The first kappa shape index (κ1) is 4.56. The van der Waals surface area contributed by atoms with E-state index < -0.39 is 0 Å². The van der Waals surface area contributed by atoms with Gasteiger partial charge in [-0.1, -0.05) is 12.1 Å². The molecule has 10 heavy (non-hydrogen) atoms. The van der Waals surface area contributed by atoms with Crippen LogP contribution in [-0.4, -0.2) is 6.10 Å². The molecule has 1 aromatic rings. The molecule has 1 heterocycles. The third kappa shape index (κ3) is 0.397. The maximum absolute atomic E-state index is 5.46. The Balaban J connectivity index is 2.31. The van der Waals surface area contributed by atoms with Crippen molar-refractivity contribution in [3.05, 3.63) is 35.9 Å². The van der Waals surface area contributed by atoms with E-state index in [1.807, 2.05) is 18.2 Å². The van der Waals surface area contributed by atoms with Crippen molar-refractivity contribution < 1.29 is 4.74 Å². The van der Waals surface area contributed by atoms with Gasteiger partial charge >= 0.3 is 0 Å². The first-order chi connectivity index (χ1) is 4.95. The highest BCUT2D eigenvalue weighted by atomic mass is 16.5. The van der Waals surface area contributed by atoms with E-state index >= 15 is 0 Å². The molecule has 0 saturated carbocycles. The SMILES string of the molecule is [c]1cccc2c1C1=CC1O2. The van der Waals surface area contributed by atoms with Gasteiger partial charge in [0.15, 0.2) is 0 Å². The molecule has 1 radical (unpaired) electrons. The van der Waals surface area contributed by atoms with Crippen LogP contribution in [0.4, 0.5) is 0 Å². The average molecular weight is 129 g/mol. The quantitative estimate of drug-likeness (QED) is 0.517. The van der Waals surface area contributed by atoms with Gasteiger partial charge in [0, 0.05) is 11.1 Å². The number of rotatable bonds is 0. The van der Waals surface area contributed by atoms with Crippen molar-refractivity contribution in [1.29, 1.82) is 0 Å². The fourth-order valence-corrected chi connectivity index (χ4v) is 1.32. The predicted molar refractivity (Wildman–Crippen MR) is 37.7 cm³/mol. The monoisotopic (exact) mass is 129 g/mol. The van der Waals surface area contributed by atoms with Crippen LogP contribution < -0.4 is 4.74 Å². The topological polar surface area (TPSA) is 9.23 Å². The molecule has 3 rings (SSSR count). The molecule has 0 N–H and O–H groups in total. The van der Waals surface area contributed by atoms with Crippen LogP contribution in [0.15, 0.2) is 24.3 Å². The third-order valence-corrected chi connectivity index (χ3v) is 1.89. The van der Waals surface area contributed by atoms with Crippen LogP contribution in [-0.2, 0) is 0 Å². The summed E-state index contributed by atoms with van der Waals surface area (Å²) >= 11 is 0. The van der Waals surface area contributed by atoms with Crippen molar-refractivity contribution in [2.24, 2.45) is 0 Å². The molecule has 0 aromatic heterocycles. The lowest BCUT2D eigenvalue weighted by Crippen LogP contribution is -1.91. The van der Waals surface area contributed by atoms with Gasteiger partial charge in [-0.25, -0.2) is 0 Å². The first-order valence-electron chi connectivity index (χ1n) is 3.34. The molecule has 1 aliphatic heterocycles. The highest BCUT2D eigenvalue weighted by Crippen LogP contribution is 2.46. The van der Waals surface area contributed by atoms with E-state index in [9.17, 15) is 0 Å². The highest BCUT2D eigenvalue weighted by Gasteiger charge is 2.36. The molecule has 0 amide bonds. The van der Waals surface area contributed by atoms with Crippen LogP contribution >= 0.6 is 0 Å². The van der Waals surface area contributed by atoms with E-state index in [4.69, 9.17) is 4.74 Å². The van der Waals surface area contributed by atoms with E-state index in [0.29, 0.717) is 6.10 Å². The van der Waals surface area contributed by atoms with Crippen molar-refractivity contribution in [2.75, 3.05) is 0 Å². The predicted octanol–water partition coefficient (Wildman–Crippen LogP) is 1.64. The van der Waals surface area contributed by atoms with E-state index in [1.165, 1.54) is 5.57 Å². The van der Waals surface area contributed by atoms with Crippen molar-refractivity contribution in [2.45, 2.75) is 6.10 Å². The lowest BCUT2D eigenvalue weighted by Gasteiger charge is -1.97. The van der Waals surface area contributed by atoms with Gasteiger partial charge in [-0.15, -0.1) is 0 Å². The average Bonchev–Trinajstić information content (AvgIpc) is 2.64. The summed E-state index contributed by atoms with van der Waals surface area (Å²) in [5.74, 6) is 0.991. The number of hydrogen-bond donors (Lipinski definition) is 0. The van der Waals surface area contributed by atoms with Crippen molar-refractivity contribution in [3.8, 4) is 5.75 Å². The zero-order chi connectivity index (χ0) is 6.55. The maximum Gasteiger partial charge on any atom is 0.143 e. The largest absolute Gasteiger partial charge is 0.481 e. The Kier molecular flexibility index (Phi) is 0.575. The van der Waals surface area contributed by atoms with Crippen LogP contribution in [0.3, 0.4) is 0 Å². The molecule has 0 spiro atoms. The Morgan fingerprint density at radius 1 is 1.50 bits per heavy atom. The highest BCUT2D eigenvalue weighted by molar-refractivity contribution is 5.89. The maximum atomic E-state index is 5.46. The summed E-state index contributed by atoms with van der Waals surface area (Å²) in [6, 6.07) is 9.00. The molecule has 1 aliphatic carbocycles. The van der Waals surface area contributed by atoms with Crippen molar-refractivity contribution in [3.63, 3.8) is 0 Å². The fraction of sp³-hybridized carbons (Fsp3) is 0.111. The van der Waals surface area contributed by atoms with Gasteiger partial charge in [-0.3, -0.25) is 0 Å². The number of ether oxygens (including phenoxy) is 1. The van der Waals surface area contributed by atoms with Crippen molar-refractivity contribution in [1.82, 2.24) is 0 Å². The number of fused-ring (bicyclic) bond motifs is 3. The van der Waals surface area contributed by atoms with E-state index in [2.05, 4.69) is 12.1 Å². The Bertz CT molecular complexity index is 325. The zero-order valence-electron chi connectivity index (χ0n) is 5.29. The Morgan fingerprint density at radius 2 is 2.50 bits per heavy atom. The molecular weight excluding hydrogens is 124 g/mol. The molecule has 2 aliphatic rings.